The summed E-state index contributed by atoms with van der Waals surface area (Å²) in [4.78, 5) is 25.3. The molecule has 2 aromatic carbocycles. The number of aromatic hydroxyl groups is 1. The van der Waals surface area contributed by atoms with Gasteiger partial charge in [-0.3, -0.25) is 4.79 Å². The van der Waals surface area contributed by atoms with Crippen LogP contribution in [0.5, 0.6) is 5.75 Å². The van der Waals surface area contributed by atoms with Crippen LogP contribution in [0.3, 0.4) is 0 Å². The molecule has 0 aromatic heterocycles. The molecule has 0 unspecified atom stereocenters. The van der Waals surface area contributed by atoms with Gasteiger partial charge in [-0.25, -0.2) is 4.79 Å². The summed E-state index contributed by atoms with van der Waals surface area (Å²) >= 11 is 13.4. The molecular formula is C22H12Br4KO5. The maximum Gasteiger partial charge on any atom is 0.338 e. The molecule has 1 radical (unpaired) electrons. The zero-order valence-corrected chi connectivity index (χ0v) is 26.2. The first-order chi connectivity index (χ1) is 14.8. The Balaban J connectivity index is 0.00000289. The smallest absolute Gasteiger partial charge is 0.338 e. The fourth-order valence-electron chi connectivity index (χ4n) is 3.37. The van der Waals surface area contributed by atoms with Gasteiger partial charge in [-0.15, -0.1) is 0 Å². The van der Waals surface area contributed by atoms with Gasteiger partial charge in [-0.1, -0.05) is 18.2 Å². The normalized spacial score (nSPS) is 10.9. The predicted octanol–water partition coefficient (Wildman–Crippen LogP) is 7.12. The molecule has 0 spiro atoms. The summed E-state index contributed by atoms with van der Waals surface area (Å²) in [5, 5.41) is 11.0. The molecule has 1 N–H and O–H groups in total. The zero-order chi connectivity index (χ0) is 22.4. The summed E-state index contributed by atoms with van der Waals surface area (Å²) in [5.74, 6) is -0.219. The van der Waals surface area contributed by atoms with Crippen molar-refractivity contribution in [2.45, 2.75) is 6.92 Å². The van der Waals surface area contributed by atoms with Crippen LogP contribution in [0, 0.1) is 0 Å². The fraction of sp³-hybridized carbons (Fsp3) is 0.0909. The molecule has 4 rings (SSSR count). The second-order valence-electron chi connectivity index (χ2n) is 6.52. The third kappa shape index (κ3) is 4.59. The molecule has 0 bridgehead atoms. The number of phenolic OH excluding ortho intramolecular Hbond substituents is 1. The number of halogens is 4. The largest absolute Gasteiger partial charge is 0.505 e. The molecule has 1 aliphatic heterocycles. The van der Waals surface area contributed by atoms with Crippen LogP contribution in [-0.4, -0.2) is 69.1 Å². The van der Waals surface area contributed by atoms with Crippen LogP contribution in [0.4, 0.5) is 0 Å². The van der Waals surface area contributed by atoms with Gasteiger partial charge in [0, 0.05) is 67.9 Å². The second kappa shape index (κ2) is 10.7. The number of hydrogen-bond acceptors (Lipinski definition) is 5. The van der Waals surface area contributed by atoms with Gasteiger partial charge >= 0.3 is 5.97 Å². The Morgan fingerprint density at radius 2 is 1.72 bits per heavy atom. The zero-order valence-electron chi connectivity index (χ0n) is 16.8. The summed E-state index contributed by atoms with van der Waals surface area (Å²) in [5.41, 5.74) is 2.28. The van der Waals surface area contributed by atoms with Gasteiger partial charge in [0.25, 0.3) is 0 Å². The third-order valence-corrected chi connectivity index (χ3v) is 7.36. The molecule has 10 heteroatoms. The van der Waals surface area contributed by atoms with Gasteiger partial charge in [0.05, 0.1) is 21.1 Å². The van der Waals surface area contributed by atoms with E-state index < -0.39 is 5.97 Å². The summed E-state index contributed by atoms with van der Waals surface area (Å²) in [7, 11) is 0. The number of rotatable bonds is 3. The van der Waals surface area contributed by atoms with Crippen molar-refractivity contribution in [2.75, 3.05) is 6.61 Å². The van der Waals surface area contributed by atoms with Gasteiger partial charge in [-0.2, -0.15) is 0 Å². The number of esters is 1. The number of phenols is 1. The predicted molar refractivity (Wildman–Crippen MR) is 139 cm³/mol. The monoisotopic (exact) mass is 711 g/mol. The van der Waals surface area contributed by atoms with Crippen molar-refractivity contribution in [3.8, 4) is 28.2 Å². The van der Waals surface area contributed by atoms with Crippen molar-refractivity contribution in [3.63, 3.8) is 0 Å². The van der Waals surface area contributed by atoms with Crippen molar-refractivity contribution >= 4 is 132 Å². The van der Waals surface area contributed by atoms with Crippen molar-refractivity contribution in [2.24, 2.45) is 0 Å². The molecule has 2 aromatic rings. The molecule has 1 aliphatic carbocycles. The topological polar surface area (TPSA) is 76.7 Å². The first kappa shape index (κ1) is 26.6. The van der Waals surface area contributed by atoms with E-state index >= 15 is 0 Å². The molecule has 0 saturated heterocycles. The van der Waals surface area contributed by atoms with E-state index in [0.29, 0.717) is 46.6 Å². The molecule has 32 heavy (non-hydrogen) atoms. The minimum atomic E-state index is -0.462. The van der Waals surface area contributed by atoms with Crippen LogP contribution >= 0.6 is 63.7 Å². The van der Waals surface area contributed by atoms with Crippen LogP contribution in [0.15, 0.2) is 63.5 Å². The minimum absolute atomic E-state index is 0. The van der Waals surface area contributed by atoms with E-state index in [2.05, 4.69) is 63.7 Å². The molecule has 1 heterocycles. The van der Waals surface area contributed by atoms with Crippen molar-refractivity contribution < 1.29 is 19.1 Å². The van der Waals surface area contributed by atoms with Crippen molar-refractivity contribution in [3.05, 3.63) is 70.1 Å². The second-order valence-corrected chi connectivity index (χ2v) is 9.81. The SMILES string of the molecule is CCOC(=O)c1ccccc1-c1c2cc(Br)c(=O)c(Br)c-2oc2c(Br)c(O)c(Br)cc12.[K]. The average molecular weight is 715 g/mol. The molecular weight excluding hydrogens is 703 g/mol. The van der Waals surface area contributed by atoms with Gasteiger partial charge in [0.2, 0.25) is 5.43 Å². The summed E-state index contributed by atoms with van der Waals surface area (Å²) in [6, 6.07) is 10.4. The maximum atomic E-state index is 12.7. The Kier molecular flexibility index (Phi) is 8.88. The first-order valence-electron chi connectivity index (χ1n) is 8.98. The average Bonchev–Trinajstić information content (AvgIpc) is 2.75. The van der Waals surface area contributed by atoms with Crippen LogP contribution < -0.4 is 5.43 Å². The molecule has 5 nitrogen and oxygen atoms in total. The number of ether oxygens (including phenoxy) is 1. The van der Waals surface area contributed by atoms with Crippen LogP contribution in [0.2, 0.25) is 0 Å². The van der Waals surface area contributed by atoms with E-state index in [9.17, 15) is 14.7 Å². The van der Waals surface area contributed by atoms with Crippen LogP contribution in [0.1, 0.15) is 17.3 Å². The Hall–Kier alpha value is -0.0436. The number of fused-ring (bicyclic) bond motifs is 2. The summed E-state index contributed by atoms with van der Waals surface area (Å²) in [6.45, 7) is 1.98. The molecule has 0 atom stereocenters. The molecule has 0 fully saturated rings. The third-order valence-electron chi connectivity index (χ3n) is 4.72. The quantitative estimate of drug-likeness (QED) is 0.139. The number of carbonyl (C=O) groups is 1. The van der Waals surface area contributed by atoms with Crippen molar-refractivity contribution in [1.82, 2.24) is 0 Å². The van der Waals surface area contributed by atoms with Gasteiger partial charge in [0.1, 0.15) is 14.7 Å². The first-order valence-corrected chi connectivity index (χ1v) is 12.1. The minimum Gasteiger partial charge on any atom is -0.505 e. The van der Waals surface area contributed by atoms with E-state index in [1.807, 2.05) is 12.1 Å². The molecule has 0 amide bonds. The Bertz CT molecular complexity index is 1400. The van der Waals surface area contributed by atoms with E-state index in [0.717, 1.165) is 0 Å². The number of benzene rings is 3. The number of carbonyl (C=O) groups excluding carboxylic acids is 1. The summed E-state index contributed by atoms with van der Waals surface area (Å²) < 4.78 is 12.7. The molecule has 0 saturated carbocycles. The Morgan fingerprint density at radius 3 is 2.41 bits per heavy atom. The van der Waals surface area contributed by atoms with E-state index in [-0.39, 0.29) is 79.4 Å². The van der Waals surface area contributed by atoms with Crippen LogP contribution in [0.25, 0.3) is 33.4 Å². The Morgan fingerprint density at radius 1 is 1.03 bits per heavy atom. The van der Waals surface area contributed by atoms with E-state index in [1.165, 1.54) is 0 Å². The van der Waals surface area contributed by atoms with Crippen molar-refractivity contribution in [1.29, 1.82) is 0 Å². The summed E-state index contributed by atoms with van der Waals surface area (Å²) in [6.07, 6.45) is 0. The van der Waals surface area contributed by atoms with Gasteiger partial charge in [0.15, 0.2) is 11.3 Å². The van der Waals surface area contributed by atoms with Gasteiger partial charge < -0.3 is 14.3 Å². The molecule has 159 valence electrons. The van der Waals surface area contributed by atoms with Crippen LogP contribution in [-0.2, 0) is 4.74 Å². The maximum absolute atomic E-state index is 12.7. The number of hydrogen-bond donors (Lipinski definition) is 1. The fourth-order valence-corrected chi connectivity index (χ4v) is 5.77. The standard InChI is InChI=1S/C22H12Br4O5.K/c1-2-30-22(29)10-6-4-3-5-9(10)15-11-7-13(23)18(27)16(25)20(11)31-21-12(15)8-14(24)19(28)17(21)26;/h3-8,27H,2H2,1H3;. The Labute approximate surface area is 259 Å². The van der Waals surface area contributed by atoms with E-state index in [4.69, 9.17) is 9.15 Å². The molecule has 2 aliphatic rings. The van der Waals surface area contributed by atoms with E-state index in [1.54, 1.807) is 31.2 Å². The van der Waals surface area contributed by atoms with Gasteiger partial charge in [-0.05, 0) is 94.4 Å².